The zero-order chi connectivity index (χ0) is 13.9. The van der Waals surface area contributed by atoms with E-state index >= 15 is 0 Å². The molecule has 0 amide bonds. The minimum atomic E-state index is -0.358. The molecule has 1 N–H and O–H groups in total. The average molecular weight is 263 g/mol. The largest absolute Gasteiger partial charge is 0.508 e. The van der Waals surface area contributed by atoms with Crippen LogP contribution in [0.15, 0.2) is 48.5 Å². The van der Waals surface area contributed by atoms with E-state index in [1.807, 2.05) is 18.2 Å². The van der Waals surface area contributed by atoms with Crippen molar-refractivity contribution < 1.29 is 10.0 Å². The standard InChI is InChI=1S/C16H9NO3/c18-9-4-5-10-12-6-7-15(17(19)20)13-3-1-2-11(16(12)13)14(10)8-9/h1-8,18H. The van der Waals surface area contributed by atoms with Crippen molar-refractivity contribution >= 4 is 16.5 Å². The van der Waals surface area contributed by atoms with Crippen LogP contribution < -0.4 is 0 Å². The van der Waals surface area contributed by atoms with Gasteiger partial charge in [-0.25, -0.2) is 0 Å². The van der Waals surface area contributed by atoms with Gasteiger partial charge in [-0.3, -0.25) is 10.1 Å². The summed E-state index contributed by atoms with van der Waals surface area (Å²) in [5, 5.41) is 22.3. The van der Waals surface area contributed by atoms with E-state index in [1.54, 1.807) is 30.3 Å². The van der Waals surface area contributed by atoms with Crippen molar-refractivity contribution in [2.45, 2.75) is 0 Å². The van der Waals surface area contributed by atoms with Crippen LogP contribution in [0.2, 0.25) is 0 Å². The number of fused-ring (bicyclic) bond motifs is 3. The number of hydrogen-bond donors (Lipinski definition) is 1. The van der Waals surface area contributed by atoms with Crippen molar-refractivity contribution in [3.05, 3.63) is 58.6 Å². The molecule has 96 valence electrons. The predicted octanol–water partition coefficient (Wildman–Crippen LogP) is 4.10. The van der Waals surface area contributed by atoms with Gasteiger partial charge in [0.05, 0.1) is 10.3 Å². The predicted molar refractivity (Wildman–Crippen MR) is 76.7 cm³/mol. The number of nitro groups is 1. The van der Waals surface area contributed by atoms with Gasteiger partial charge in [0, 0.05) is 11.5 Å². The lowest BCUT2D eigenvalue weighted by Crippen LogP contribution is -1.89. The normalized spacial score (nSPS) is 11.6. The Hall–Kier alpha value is -2.88. The monoisotopic (exact) mass is 263 g/mol. The molecule has 4 heteroatoms. The van der Waals surface area contributed by atoms with E-state index in [1.165, 1.54) is 0 Å². The quantitative estimate of drug-likeness (QED) is 0.415. The molecule has 1 aliphatic carbocycles. The van der Waals surface area contributed by atoms with E-state index in [0.717, 1.165) is 27.6 Å². The summed E-state index contributed by atoms with van der Waals surface area (Å²) in [6.07, 6.45) is 0. The second-order valence-corrected chi connectivity index (χ2v) is 4.85. The first kappa shape index (κ1) is 11.0. The SMILES string of the molecule is O=[N+]([O-])c1ccc2c3c(cccc13)-c1cc(O)ccc1-2. The number of benzene rings is 3. The summed E-state index contributed by atoms with van der Waals surface area (Å²) in [6.45, 7) is 0. The molecule has 0 unspecified atom stereocenters. The van der Waals surface area contributed by atoms with Crippen LogP contribution in [0.3, 0.4) is 0 Å². The van der Waals surface area contributed by atoms with Gasteiger partial charge in [0.25, 0.3) is 5.69 Å². The van der Waals surface area contributed by atoms with Gasteiger partial charge in [-0.05, 0) is 46.5 Å². The molecule has 0 aromatic heterocycles. The maximum Gasteiger partial charge on any atom is 0.277 e. The van der Waals surface area contributed by atoms with Gasteiger partial charge >= 0.3 is 0 Å². The molecule has 0 fully saturated rings. The van der Waals surface area contributed by atoms with Crippen molar-refractivity contribution in [3.63, 3.8) is 0 Å². The lowest BCUT2D eigenvalue weighted by molar-refractivity contribution is -0.383. The van der Waals surface area contributed by atoms with Gasteiger partial charge in [0.2, 0.25) is 0 Å². The Balaban J connectivity index is 2.20. The summed E-state index contributed by atoms with van der Waals surface area (Å²) >= 11 is 0. The van der Waals surface area contributed by atoms with Crippen LogP contribution in [-0.4, -0.2) is 10.0 Å². The second-order valence-electron chi connectivity index (χ2n) is 4.85. The second kappa shape index (κ2) is 3.57. The Bertz CT molecular complexity index is 900. The van der Waals surface area contributed by atoms with Gasteiger partial charge in [0.15, 0.2) is 0 Å². The van der Waals surface area contributed by atoms with Crippen molar-refractivity contribution in [3.8, 4) is 28.0 Å². The van der Waals surface area contributed by atoms with E-state index in [2.05, 4.69) is 0 Å². The molecular weight excluding hydrogens is 254 g/mol. The van der Waals surface area contributed by atoms with Crippen molar-refractivity contribution in [1.82, 2.24) is 0 Å². The van der Waals surface area contributed by atoms with Gasteiger partial charge in [0.1, 0.15) is 5.75 Å². The van der Waals surface area contributed by atoms with Gasteiger partial charge in [-0.1, -0.05) is 18.2 Å². The summed E-state index contributed by atoms with van der Waals surface area (Å²) in [5.74, 6) is 0.197. The first-order valence-corrected chi connectivity index (χ1v) is 6.21. The fourth-order valence-electron chi connectivity index (χ4n) is 2.99. The van der Waals surface area contributed by atoms with Crippen LogP contribution >= 0.6 is 0 Å². The van der Waals surface area contributed by atoms with Gasteiger partial charge in [-0.2, -0.15) is 0 Å². The average Bonchev–Trinajstić information content (AvgIpc) is 2.75. The Kier molecular flexibility index (Phi) is 1.96. The fourth-order valence-corrected chi connectivity index (χ4v) is 2.99. The van der Waals surface area contributed by atoms with Gasteiger partial charge in [-0.15, -0.1) is 0 Å². The number of aromatic hydroxyl groups is 1. The lowest BCUT2D eigenvalue weighted by atomic mass is 10.0. The molecule has 4 rings (SSSR count). The summed E-state index contributed by atoms with van der Waals surface area (Å²) in [4.78, 5) is 10.8. The highest BCUT2D eigenvalue weighted by Crippen LogP contribution is 2.49. The van der Waals surface area contributed by atoms with E-state index < -0.39 is 0 Å². The molecule has 3 aromatic carbocycles. The topological polar surface area (TPSA) is 63.4 Å². The first-order chi connectivity index (χ1) is 9.66. The third-order valence-electron chi connectivity index (χ3n) is 3.80. The van der Waals surface area contributed by atoms with Crippen molar-refractivity contribution in [2.75, 3.05) is 0 Å². The molecule has 0 bridgehead atoms. The van der Waals surface area contributed by atoms with E-state index in [4.69, 9.17) is 0 Å². The zero-order valence-electron chi connectivity index (χ0n) is 10.3. The Morgan fingerprint density at radius 3 is 2.45 bits per heavy atom. The van der Waals surface area contributed by atoms with Crippen LogP contribution in [0.25, 0.3) is 33.0 Å². The van der Waals surface area contributed by atoms with E-state index in [-0.39, 0.29) is 16.4 Å². The molecule has 0 saturated heterocycles. The molecule has 1 aliphatic rings. The highest BCUT2D eigenvalue weighted by molar-refractivity contribution is 6.17. The molecule has 0 radical (unpaired) electrons. The lowest BCUT2D eigenvalue weighted by Gasteiger charge is -2.02. The summed E-state index contributed by atoms with van der Waals surface area (Å²) in [5.41, 5.74) is 3.96. The minimum absolute atomic E-state index is 0.114. The third-order valence-corrected chi connectivity index (χ3v) is 3.80. The Morgan fingerprint density at radius 1 is 0.900 bits per heavy atom. The smallest absolute Gasteiger partial charge is 0.277 e. The highest BCUT2D eigenvalue weighted by atomic mass is 16.6. The summed E-state index contributed by atoms with van der Waals surface area (Å²) in [6, 6.07) is 14.0. The molecule has 0 spiro atoms. The number of rotatable bonds is 1. The first-order valence-electron chi connectivity index (χ1n) is 6.21. The van der Waals surface area contributed by atoms with E-state index in [0.29, 0.717) is 5.39 Å². The van der Waals surface area contributed by atoms with Crippen LogP contribution in [-0.2, 0) is 0 Å². The number of hydrogen-bond acceptors (Lipinski definition) is 3. The number of phenolic OH excluding ortho intramolecular Hbond substituents is 1. The summed E-state index contributed by atoms with van der Waals surface area (Å²) < 4.78 is 0. The van der Waals surface area contributed by atoms with Crippen LogP contribution in [0, 0.1) is 10.1 Å². The molecule has 0 heterocycles. The molecular formula is C16H9NO3. The molecule has 3 aromatic rings. The number of non-ortho nitro benzene ring substituents is 1. The molecule has 4 nitrogen and oxygen atoms in total. The fraction of sp³-hybridized carbons (Fsp3) is 0. The van der Waals surface area contributed by atoms with Crippen molar-refractivity contribution in [2.24, 2.45) is 0 Å². The Morgan fingerprint density at radius 2 is 1.65 bits per heavy atom. The van der Waals surface area contributed by atoms with Gasteiger partial charge < -0.3 is 5.11 Å². The third kappa shape index (κ3) is 1.25. The molecule has 20 heavy (non-hydrogen) atoms. The number of phenols is 1. The molecule has 0 atom stereocenters. The number of nitro benzene ring substituents is 1. The molecule has 0 aliphatic heterocycles. The molecule has 0 saturated carbocycles. The zero-order valence-corrected chi connectivity index (χ0v) is 10.3. The van der Waals surface area contributed by atoms with Crippen LogP contribution in [0.4, 0.5) is 5.69 Å². The van der Waals surface area contributed by atoms with E-state index in [9.17, 15) is 15.2 Å². The number of nitrogens with zero attached hydrogens (tertiary/aromatic N) is 1. The highest BCUT2D eigenvalue weighted by Gasteiger charge is 2.25. The minimum Gasteiger partial charge on any atom is -0.508 e. The maximum atomic E-state index is 11.2. The maximum absolute atomic E-state index is 11.2. The van der Waals surface area contributed by atoms with Crippen LogP contribution in [0.5, 0.6) is 5.75 Å². The van der Waals surface area contributed by atoms with Crippen LogP contribution in [0.1, 0.15) is 0 Å². The van der Waals surface area contributed by atoms with Crippen molar-refractivity contribution in [1.29, 1.82) is 0 Å². The Labute approximate surface area is 114 Å². The summed E-state index contributed by atoms with van der Waals surface area (Å²) in [7, 11) is 0.